The zero-order valence-electron chi connectivity index (χ0n) is 10.4. The molecule has 0 saturated carbocycles. The highest BCUT2D eigenvalue weighted by atomic mass is 35.5. The van der Waals surface area contributed by atoms with E-state index >= 15 is 0 Å². The van der Waals surface area contributed by atoms with Crippen LogP contribution in [-0.2, 0) is 0 Å². The highest BCUT2D eigenvalue weighted by Gasteiger charge is 2.14. The summed E-state index contributed by atoms with van der Waals surface area (Å²) >= 11 is 7.67. The zero-order chi connectivity index (χ0) is 12.8. The number of nitrogens with one attached hydrogen (secondary N) is 1. The molecule has 0 saturated heterocycles. The van der Waals surface area contributed by atoms with Gasteiger partial charge < -0.3 is 5.32 Å². The van der Waals surface area contributed by atoms with Crippen molar-refractivity contribution in [1.29, 1.82) is 0 Å². The Morgan fingerprint density at radius 1 is 1.41 bits per heavy atom. The van der Waals surface area contributed by atoms with Crippen molar-refractivity contribution in [1.82, 2.24) is 5.32 Å². The number of amides is 1. The number of rotatable bonds is 5. The summed E-state index contributed by atoms with van der Waals surface area (Å²) in [7, 11) is 0. The topological polar surface area (TPSA) is 29.1 Å². The van der Waals surface area contributed by atoms with Gasteiger partial charge in [0.15, 0.2) is 0 Å². The molecule has 1 atom stereocenters. The zero-order valence-corrected chi connectivity index (χ0v) is 11.9. The molecule has 1 aromatic carbocycles. The minimum absolute atomic E-state index is 0.0274. The van der Waals surface area contributed by atoms with E-state index in [-0.39, 0.29) is 11.3 Å². The minimum Gasteiger partial charge on any atom is -0.351 e. The molecule has 0 radical (unpaired) electrons. The lowest BCUT2D eigenvalue weighted by Crippen LogP contribution is -2.32. The number of carbonyl (C=O) groups excluding carboxylic acids is 1. The van der Waals surface area contributed by atoms with E-state index in [9.17, 15) is 4.79 Å². The van der Waals surface area contributed by atoms with E-state index in [2.05, 4.69) is 5.32 Å². The summed E-state index contributed by atoms with van der Waals surface area (Å²) in [4.78, 5) is 13.0. The van der Waals surface area contributed by atoms with Crippen LogP contribution in [0.5, 0.6) is 0 Å². The lowest BCUT2D eigenvalue weighted by molar-refractivity contribution is 0.0949. The molecule has 1 rings (SSSR count). The standard InChI is InChI=1S/C13H18ClNOS/c1-9(2)11(14)8-15-13(16)10-6-4-5-7-12(10)17-3/h4-7,9,11H,8H2,1-3H3,(H,15,16). The fourth-order valence-corrected chi connectivity index (χ4v) is 2.03. The van der Waals surface area contributed by atoms with Gasteiger partial charge in [-0.25, -0.2) is 0 Å². The van der Waals surface area contributed by atoms with Crippen LogP contribution in [0.1, 0.15) is 24.2 Å². The molecular formula is C13H18ClNOS. The molecule has 1 unspecified atom stereocenters. The van der Waals surface area contributed by atoms with Crippen LogP contribution in [0.4, 0.5) is 0 Å². The number of hydrogen-bond acceptors (Lipinski definition) is 2. The van der Waals surface area contributed by atoms with Crippen LogP contribution in [0, 0.1) is 5.92 Å². The van der Waals surface area contributed by atoms with Crippen LogP contribution in [0.15, 0.2) is 29.2 Å². The van der Waals surface area contributed by atoms with E-state index in [1.165, 1.54) is 0 Å². The van der Waals surface area contributed by atoms with Crippen molar-refractivity contribution < 1.29 is 4.79 Å². The third-order valence-electron chi connectivity index (χ3n) is 2.53. The van der Waals surface area contributed by atoms with Crippen molar-refractivity contribution in [3.05, 3.63) is 29.8 Å². The second-order valence-corrected chi connectivity index (χ2v) is 5.58. The number of halogens is 1. The molecule has 1 aromatic rings. The largest absolute Gasteiger partial charge is 0.351 e. The first-order chi connectivity index (χ1) is 8.06. The average Bonchev–Trinajstić information content (AvgIpc) is 2.35. The maximum atomic E-state index is 12.0. The van der Waals surface area contributed by atoms with Gasteiger partial charge in [-0.3, -0.25) is 4.79 Å². The molecule has 0 aliphatic rings. The first kappa shape index (κ1) is 14.4. The van der Waals surface area contributed by atoms with Crippen LogP contribution in [-0.4, -0.2) is 24.1 Å². The summed E-state index contributed by atoms with van der Waals surface area (Å²) in [6, 6.07) is 7.58. The van der Waals surface area contributed by atoms with Gasteiger partial charge in [-0.15, -0.1) is 23.4 Å². The SMILES string of the molecule is CSc1ccccc1C(=O)NCC(Cl)C(C)C. The number of benzene rings is 1. The monoisotopic (exact) mass is 271 g/mol. The van der Waals surface area contributed by atoms with Crippen LogP contribution >= 0.6 is 23.4 Å². The smallest absolute Gasteiger partial charge is 0.252 e. The third-order valence-corrected chi connectivity index (χ3v) is 3.99. The fraction of sp³-hybridized carbons (Fsp3) is 0.462. The molecule has 1 amide bonds. The first-order valence-electron chi connectivity index (χ1n) is 5.61. The number of alkyl halides is 1. The molecule has 94 valence electrons. The van der Waals surface area contributed by atoms with Gasteiger partial charge in [-0.1, -0.05) is 26.0 Å². The highest BCUT2D eigenvalue weighted by Crippen LogP contribution is 2.19. The van der Waals surface area contributed by atoms with Gasteiger partial charge in [0.25, 0.3) is 5.91 Å². The van der Waals surface area contributed by atoms with Gasteiger partial charge in [0, 0.05) is 11.4 Å². The van der Waals surface area contributed by atoms with Crippen molar-refractivity contribution in [2.75, 3.05) is 12.8 Å². The van der Waals surface area contributed by atoms with Gasteiger partial charge in [0.1, 0.15) is 0 Å². The molecule has 4 heteroatoms. The summed E-state index contributed by atoms with van der Waals surface area (Å²) < 4.78 is 0. The molecule has 0 aliphatic heterocycles. The molecular weight excluding hydrogens is 254 g/mol. The predicted octanol–water partition coefficient (Wildman–Crippen LogP) is 3.40. The van der Waals surface area contributed by atoms with Gasteiger partial charge in [0.2, 0.25) is 0 Å². The molecule has 0 bridgehead atoms. The molecule has 0 spiro atoms. The molecule has 1 N–H and O–H groups in total. The fourth-order valence-electron chi connectivity index (χ4n) is 1.35. The minimum atomic E-state index is -0.0544. The average molecular weight is 272 g/mol. The number of hydrogen-bond donors (Lipinski definition) is 1. The quantitative estimate of drug-likeness (QED) is 0.657. The van der Waals surface area contributed by atoms with E-state index in [1.54, 1.807) is 11.8 Å². The second-order valence-electron chi connectivity index (χ2n) is 4.17. The summed E-state index contributed by atoms with van der Waals surface area (Å²) in [6.07, 6.45) is 1.96. The molecule has 0 aliphatic carbocycles. The second kappa shape index (κ2) is 6.92. The Morgan fingerprint density at radius 3 is 2.65 bits per heavy atom. The first-order valence-corrected chi connectivity index (χ1v) is 7.27. The molecule has 0 aromatic heterocycles. The van der Waals surface area contributed by atoms with Gasteiger partial charge in [-0.05, 0) is 24.3 Å². The summed E-state index contributed by atoms with van der Waals surface area (Å²) in [5.41, 5.74) is 0.715. The summed E-state index contributed by atoms with van der Waals surface area (Å²) in [5, 5.41) is 2.84. The number of thioether (sulfide) groups is 1. The normalized spacial score (nSPS) is 12.5. The van der Waals surface area contributed by atoms with Gasteiger partial charge in [-0.2, -0.15) is 0 Å². The maximum absolute atomic E-state index is 12.0. The highest BCUT2D eigenvalue weighted by molar-refractivity contribution is 7.98. The summed E-state index contributed by atoms with van der Waals surface area (Å²) in [6.45, 7) is 4.58. The van der Waals surface area contributed by atoms with E-state index in [0.717, 1.165) is 4.90 Å². The van der Waals surface area contributed by atoms with Crippen molar-refractivity contribution in [2.24, 2.45) is 5.92 Å². The Morgan fingerprint density at radius 2 is 2.06 bits per heavy atom. The molecule has 17 heavy (non-hydrogen) atoms. The third kappa shape index (κ3) is 4.25. The lowest BCUT2D eigenvalue weighted by Gasteiger charge is -2.14. The molecule has 0 fully saturated rings. The Bertz CT molecular complexity index is 381. The Kier molecular flexibility index (Phi) is 5.86. The summed E-state index contributed by atoms with van der Waals surface area (Å²) in [5.74, 6) is 0.300. The lowest BCUT2D eigenvalue weighted by atomic mass is 10.1. The Labute approximate surface area is 112 Å². The van der Waals surface area contributed by atoms with Crippen LogP contribution < -0.4 is 5.32 Å². The number of carbonyl (C=O) groups is 1. The van der Waals surface area contributed by atoms with Gasteiger partial charge >= 0.3 is 0 Å². The maximum Gasteiger partial charge on any atom is 0.252 e. The Hall–Kier alpha value is -0.670. The van der Waals surface area contributed by atoms with Crippen LogP contribution in [0.3, 0.4) is 0 Å². The van der Waals surface area contributed by atoms with Crippen molar-refractivity contribution in [2.45, 2.75) is 24.1 Å². The van der Waals surface area contributed by atoms with Crippen molar-refractivity contribution in [3.8, 4) is 0 Å². The molecule has 2 nitrogen and oxygen atoms in total. The predicted molar refractivity (Wildman–Crippen MR) is 75.0 cm³/mol. The van der Waals surface area contributed by atoms with E-state index in [1.807, 2.05) is 44.4 Å². The Balaban J connectivity index is 2.64. The van der Waals surface area contributed by atoms with Crippen molar-refractivity contribution >= 4 is 29.3 Å². The van der Waals surface area contributed by atoms with E-state index in [4.69, 9.17) is 11.6 Å². The molecule has 0 heterocycles. The van der Waals surface area contributed by atoms with E-state index in [0.29, 0.717) is 18.0 Å². The van der Waals surface area contributed by atoms with Crippen molar-refractivity contribution in [3.63, 3.8) is 0 Å². The van der Waals surface area contributed by atoms with Crippen LogP contribution in [0.2, 0.25) is 0 Å². The van der Waals surface area contributed by atoms with Crippen LogP contribution in [0.25, 0.3) is 0 Å². The van der Waals surface area contributed by atoms with E-state index < -0.39 is 0 Å². The van der Waals surface area contributed by atoms with Gasteiger partial charge in [0.05, 0.1) is 10.9 Å².